The van der Waals surface area contributed by atoms with Crippen molar-refractivity contribution in [1.82, 2.24) is 9.62 Å². The quantitative estimate of drug-likeness (QED) is 0.624. The van der Waals surface area contributed by atoms with Gasteiger partial charge in [0.05, 0.1) is 6.42 Å². The molecule has 0 saturated carbocycles. The molecule has 3 heterocycles. The second-order valence-corrected chi connectivity index (χ2v) is 10.0. The van der Waals surface area contributed by atoms with Gasteiger partial charge in [-0.3, -0.25) is 9.52 Å². The summed E-state index contributed by atoms with van der Waals surface area (Å²) in [6, 6.07) is 13.3. The molecule has 2 unspecified atom stereocenters. The van der Waals surface area contributed by atoms with Gasteiger partial charge in [-0.05, 0) is 91.9 Å². The van der Waals surface area contributed by atoms with E-state index in [4.69, 9.17) is 11.6 Å². The highest BCUT2D eigenvalue weighted by atomic mass is 35.5. The average Bonchev–Trinajstić information content (AvgIpc) is 3.22. The number of benzene rings is 2. The molecule has 0 aromatic heterocycles. The van der Waals surface area contributed by atoms with Gasteiger partial charge in [-0.15, -0.1) is 0 Å². The molecular weight excluding hydrogens is 414 g/mol. The Morgan fingerprint density at radius 3 is 3.00 bits per heavy atom. The Labute approximate surface area is 187 Å². The van der Waals surface area contributed by atoms with Crippen LogP contribution in [0.1, 0.15) is 48.4 Å². The first kappa shape index (κ1) is 20.4. The Morgan fingerprint density at radius 1 is 1.17 bits per heavy atom. The summed E-state index contributed by atoms with van der Waals surface area (Å²) in [4.78, 5) is 15.6. The van der Waals surface area contributed by atoms with Gasteiger partial charge in [0.1, 0.15) is 0 Å². The molecule has 3 aliphatic rings. The van der Waals surface area contributed by atoms with Crippen LogP contribution in [0.5, 0.6) is 0 Å². The first-order valence-electron chi connectivity index (χ1n) is 11.0. The van der Waals surface area contributed by atoms with Gasteiger partial charge in [0.2, 0.25) is 5.91 Å². The normalized spacial score (nSPS) is 23.7. The third-order valence-corrected chi connectivity index (χ3v) is 8.06. The molecule has 0 aliphatic carbocycles. The van der Waals surface area contributed by atoms with Crippen molar-refractivity contribution in [3.63, 3.8) is 0 Å². The minimum absolute atomic E-state index is 0.0644. The molecule has 4 nitrogen and oxygen atoms in total. The molecule has 2 N–H and O–H groups in total. The predicted molar refractivity (Wildman–Crippen MR) is 124 cm³/mol. The molecule has 2 aromatic rings. The van der Waals surface area contributed by atoms with Crippen LogP contribution < -0.4 is 10.0 Å². The third kappa shape index (κ3) is 4.40. The molecule has 0 spiro atoms. The van der Waals surface area contributed by atoms with Crippen LogP contribution in [0.15, 0.2) is 41.3 Å². The lowest BCUT2D eigenvalue weighted by Gasteiger charge is -2.22. The molecule has 5 rings (SSSR count). The lowest BCUT2D eigenvalue weighted by molar-refractivity contribution is -0.115. The smallest absolute Gasteiger partial charge is 0.228 e. The maximum Gasteiger partial charge on any atom is 0.228 e. The minimum Gasteiger partial charge on any atom is -0.325 e. The number of hydrogen-bond donors (Lipinski definition) is 2. The molecule has 158 valence electrons. The van der Waals surface area contributed by atoms with Crippen LogP contribution in [0.3, 0.4) is 0 Å². The molecule has 1 fully saturated rings. The van der Waals surface area contributed by atoms with Gasteiger partial charge in [-0.1, -0.05) is 35.9 Å². The van der Waals surface area contributed by atoms with Crippen molar-refractivity contribution >= 4 is 35.1 Å². The van der Waals surface area contributed by atoms with E-state index < -0.39 is 0 Å². The highest BCUT2D eigenvalue weighted by Crippen LogP contribution is 2.39. The number of amides is 1. The molecule has 2 atom stereocenters. The van der Waals surface area contributed by atoms with E-state index in [9.17, 15) is 4.79 Å². The van der Waals surface area contributed by atoms with E-state index in [0.29, 0.717) is 12.5 Å². The van der Waals surface area contributed by atoms with Crippen molar-refractivity contribution in [2.75, 3.05) is 25.0 Å². The van der Waals surface area contributed by atoms with Crippen molar-refractivity contribution in [2.45, 2.75) is 49.5 Å². The summed E-state index contributed by atoms with van der Waals surface area (Å²) < 4.78 is 3.64. The molecule has 6 heteroatoms. The number of hydrogen-bond acceptors (Lipinski definition) is 4. The van der Waals surface area contributed by atoms with Gasteiger partial charge >= 0.3 is 0 Å². The largest absolute Gasteiger partial charge is 0.325 e. The summed E-state index contributed by atoms with van der Waals surface area (Å²) in [6.07, 6.45) is 6.50. The van der Waals surface area contributed by atoms with Gasteiger partial charge in [0, 0.05) is 28.2 Å². The molecule has 2 aromatic carbocycles. The number of halogens is 1. The monoisotopic (exact) mass is 441 g/mol. The maximum atomic E-state index is 11.6. The second-order valence-electron chi connectivity index (χ2n) is 8.76. The summed E-state index contributed by atoms with van der Waals surface area (Å²) in [5.41, 5.74) is 4.60. The van der Waals surface area contributed by atoms with Crippen molar-refractivity contribution in [3.8, 4) is 0 Å². The van der Waals surface area contributed by atoms with Crippen molar-refractivity contribution in [1.29, 1.82) is 0 Å². The molecule has 1 amide bonds. The first-order valence-corrected chi connectivity index (χ1v) is 12.2. The minimum atomic E-state index is 0.0644. The highest BCUT2D eigenvalue weighted by molar-refractivity contribution is 7.97. The third-order valence-electron chi connectivity index (χ3n) is 6.71. The van der Waals surface area contributed by atoms with E-state index in [1.165, 1.54) is 42.7 Å². The molecule has 30 heavy (non-hydrogen) atoms. The second kappa shape index (κ2) is 8.91. The number of rotatable bonds is 5. The van der Waals surface area contributed by atoms with Crippen LogP contribution in [-0.4, -0.2) is 30.4 Å². The van der Waals surface area contributed by atoms with Gasteiger partial charge < -0.3 is 10.2 Å². The van der Waals surface area contributed by atoms with Crippen molar-refractivity contribution in [3.05, 3.63) is 58.1 Å². The topological polar surface area (TPSA) is 44.4 Å². The number of likely N-dealkylation sites (tertiary alicyclic amines) is 1. The summed E-state index contributed by atoms with van der Waals surface area (Å²) in [5.74, 6) is 0.842. The van der Waals surface area contributed by atoms with Crippen LogP contribution in [-0.2, 0) is 17.6 Å². The van der Waals surface area contributed by atoms with Crippen molar-refractivity contribution < 1.29 is 4.79 Å². The summed E-state index contributed by atoms with van der Waals surface area (Å²) in [7, 11) is 0. The van der Waals surface area contributed by atoms with Crippen LogP contribution in [0.25, 0.3) is 0 Å². The predicted octanol–water partition coefficient (Wildman–Crippen LogP) is 5.22. The summed E-state index contributed by atoms with van der Waals surface area (Å²) in [6.45, 7) is 3.37. The standard InChI is InChI=1S/C24H28ClN3OS/c25-20-15-21-18(14-24(29)26-21)13-17(20)8-11-28-9-3-4-16(7-10-28)12-22-19-5-1-2-6-23(19)30-27-22/h1-2,5-6,13,15-16,22,27H,3-4,7-12,14H2,(H,26,29). The van der Waals surface area contributed by atoms with Gasteiger partial charge in [0.25, 0.3) is 0 Å². The number of nitrogens with one attached hydrogen (secondary N) is 2. The lowest BCUT2D eigenvalue weighted by Crippen LogP contribution is -2.27. The highest BCUT2D eigenvalue weighted by Gasteiger charge is 2.27. The number of anilines is 1. The van der Waals surface area contributed by atoms with E-state index in [1.807, 2.05) is 6.07 Å². The maximum absolute atomic E-state index is 11.6. The Kier molecular flexibility index (Phi) is 6.05. The fourth-order valence-electron chi connectivity index (χ4n) is 5.02. The van der Waals surface area contributed by atoms with Gasteiger partial charge in [0.15, 0.2) is 0 Å². The Bertz CT molecular complexity index is 950. The van der Waals surface area contributed by atoms with E-state index in [1.54, 1.807) is 11.9 Å². The zero-order valence-electron chi connectivity index (χ0n) is 17.1. The first-order chi connectivity index (χ1) is 14.7. The van der Waals surface area contributed by atoms with E-state index in [0.717, 1.165) is 47.3 Å². The molecule has 0 radical (unpaired) electrons. The van der Waals surface area contributed by atoms with E-state index >= 15 is 0 Å². The summed E-state index contributed by atoms with van der Waals surface area (Å²) in [5, 5.41) is 3.65. The molecular formula is C24H28ClN3OS. The lowest BCUT2D eigenvalue weighted by atomic mass is 9.90. The fourth-order valence-corrected chi connectivity index (χ4v) is 6.25. The number of carbonyl (C=O) groups is 1. The van der Waals surface area contributed by atoms with Gasteiger partial charge in [-0.2, -0.15) is 0 Å². The van der Waals surface area contributed by atoms with Crippen LogP contribution in [0.2, 0.25) is 5.02 Å². The fraction of sp³-hybridized carbons (Fsp3) is 0.458. The number of fused-ring (bicyclic) bond motifs is 2. The van der Waals surface area contributed by atoms with Crippen LogP contribution in [0.4, 0.5) is 5.69 Å². The Balaban J connectivity index is 1.15. The Morgan fingerprint density at radius 2 is 2.07 bits per heavy atom. The van der Waals surface area contributed by atoms with E-state index in [2.05, 4.69) is 45.3 Å². The molecule has 0 bridgehead atoms. The zero-order chi connectivity index (χ0) is 20.5. The molecule has 3 aliphatic heterocycles. The van der Waals surface area contributed by atoms with Gasteiger partial charge in [-0.25, -0.2) is 0 Å². The zero-order valence-corrected chi connectivity index (χ0v) is 18.7. The number of nitrogens with zero attached hydrogens (tertiary/aromatic N) is 1. The van der Waals surface area contributed by atoms with Crippen LogP contribution >= 0.6 is 23.5 Å². The summed E-state index contributed by atoms with van der Waals surface area (Å²) >= 11 is 8.27. The Hall–Kier alpha value is -1.53. The number of carbonyl (C=O) groups excluding carboxylic acids is 1. The van der Waals surface area contributed by atoms with Crippen molar-refractivity contribution in [2.24, 2.45) is 5.92 Å². The molecule has 1 saturated heterocycles. The van der Waals surface area contributed by atoms with E-state index in [-0.39, 0.29) is 5.91 Å². The van der Waals surface area contributed by atoms with Crippen LogP contribution in [0, 0.1) is 5.92 Å². The average molecular weight is 442 g/mol. The SMILES string of the molecule is O=C1Cc2cc(CCN3CCCC(CC4NSc5ccccc54)CC3)c(Cl)cc2N1.